The van der Waals surface area contributed by atoms with Gasteiger partial charge in [0.15, 0.2) is 5.65 Å². The van der Waals surface area contributed by atoms with E-state index in [-0.39, 0.29) is 11.9 Å². The number of benzene rings is 1. The molecule has 3 heterocycles. The molecule has 0 saturated carbocycles. The van der Waals surface area contributed by atoms with Crippen LogP contribution in [0.2, 0.25) is 0 Å². The van der Waals surface area contributed by atoms with Gasteiger partial charge in [0.2, 0.25) is 5.91 Å². The maximum Gasteiger partial charge on any atom is 0.254 e. The molecule has 0 fully saturated rings. The van der Waals surface area contributed by atoms with E-state index >= 15 is 0 Å². The zero-order valence-corrected chi connectivity index (χ0v) is 18.9. The minimum Gasteiger partial charge on any atom is -0.365 e. The van der Waals surface area contributed by atoms with Crippen LogP contribution in [0.5, 0.6) is 0 Å². The normalized spacial score (nSPS) is 14.8. The van der Waals surface area contributed by atoms with Crippen LogP contribution < -0.4 is 11.1 Å². The van der Waals surface area contributed by atoms with Crippen LogP contribution in [0.15, 0.2) is 30.5 Å². The third-order valence-electron chi connectivity index (χ3n) is 6.45. The largest absolute Gasteiger partial charge is 0.365 e. The minimum absolute atomic E-state index is 0.0199. The number of primary amides is 1. The summed E-state index contributed by atoms with van der Waals surface area (Å²) < 4.78 is 1.62. The van der Waals surface area contributed by atoms with Gasteiger partial charge >= 0.3 is 0 Å². The Kier molecular flexibility index (Phi) is 6.23. The van der Waals surface area contributed by atoms with Crippen molar-refractivity contribution in [1.82, 2.24) is 24.8 Å². The Balaban J connectivity index is 1.33. The highest BCUT2D eigenvalue weighted by molar-refractivity contribution is 5.98. The van der Waals surface area contributed by atoms with Gasteiger partial charge < -0.3 is 11.1 Å². The number of aryl methyl sites for hydroxylation is 2. The number of hydrogen-bond donors (Lipinski definition) is 2. The Morgan fingerprint density at radius 3 is 2.72 bits per heavy atom. The van der Waals surface area contributed by atoms with E-state index in [2.05, 4.69) is 51.5 Å². The van der Waals surface area contributed by atoms with Crippen LogP contribution in [-0.2, 0) is 24.2 Å². The molecule has 8 heteroatoms. The van der Waals surface area contributed by atoms with E-state index in [0.29, 0.717) is 30.6 Å². The van der Waals surface area contributed by atoms with Crippen molar-refractivity contribution in [2.75, 3.05) is 13.1 Å². The van der Waals surface area contributed by atoms with Gasteiger partial charge in [-0.2, -0.15) is 5.10 Å². The molecular formula is C24H30N6O2. The molecular weight excluding hydrogens is 404 g/mol. The van der Waals surface area contributed by atoms with Crippen molar-refractivity contribution in [3.63, 3.8) is 0 Å². The number of carbonyl (C=O) groups is 2. The molecule has 1 aromatic carbocycles. The fourth-order valence-electron chi connectivity index (χ4n) is 4.46. The van der Waals surface area contributed by atoms with Gasteiger partial charge in [-0.1, -0.05) is 24.3 Å². The second-order valence-electron chi connectivity index (χ2n) is 8.56. The van der Waals surface area contributed by atoms with Crippen molar-refractivity contribution in [3.05, 3.63) is 64.1 Å². The predicted octanol–water partition coefficient (Wildman–Crippen LogP) is 1.94. The van der Waals surface area contributed by atoms with Gasteiger partial charge in [-0.3, -0.25) is 14.5 Å². The number of carbonyl (C=O) groups excluding carboxylic acids is 2. The molecule has 0 spiro atoms. The minimum atomic E-state index is -0.551. The van der Waals surface area contributed by atoms with Crippen molar-refractivity contribution >= 4 is 17.5 Å². The molecule has 3 aromatic rings. The molecule has 2 aromatic heterocycles. The van der Waals surface area contributed by atoms with Crippen LogP contribution in [0.3, 0.4) is 0 Å². The number of nitrogens with one attached hydrogen (secondary N) is 1. The first-order valence-electron chi connectivity index (χ1n) is 11.1. The number of nitrogens with two attached hydrogens (primary N) is 1. The van der Waals surface area contributed by atoms with E-state index < -0.39 is 5.91 Å². The van der Waals surface area contributed by atoms with E-state index in [9.17, 15) is 9.59 Å². The van der Waals surface area contributed by atoms with Crippen LogP contribution in [0.4, 0.5) is 0 Å². The molecule has 1 atom stereocenters. The van der Waals surface area contributed by atoms with Gasteiger partial charge in [0.1, 0.15) is 5.56 Å². The maximum absolute atomic E-state index is 12.5. The summed E-state index contributed by atoms with van der Waals surface area (Å²) in [5, 5.41) is 7.33. The number of nitrogens with zero attached hydrogens (tertiary/aromatic N) is 4. The highest BCUT2D eigenvalue weighted by Crippen LogP contribution is 2.20. The van der Waals surface area contributed by atoms with Crippen molar-refractivity contribution in [1.29, 1.82) is 0 Å². The van der Waals surface area contributed by atoms with E-state index in [4.69, 9.17) is 5.73 Å². The van der Waals surface area contributed by atoms with Gasteiger partial charge in [0, 0.05) is 43.5 Å². The molecule has 1 aliphatic rings. The molecule has 0 bridgehead atoms. The smallest absolute Gasteiger partial charge is 0.254 e. The molecule has 1 aliphatic heterocycles. The van der Waals surface area contributed by atoms with Gasteiger partial charge in [0.25, 0.3) is 5.91 Å². The summed E-state index contributed by atoms with van der Waals surface area (Å²) >= 11 is 0. The van der Waals surface area contributed by atoms with E-state index in [1.54, 1.807) is 4.52 Å². The van der Waals surface area contributed by atoms with Crippen LogP contribution in [0.1, 0.15) is 51.8 Å². The van der Waals surface area contributed by atoms with Crippen LogP contribution in [-0.4, -0.2) is 50.4 Å². The summed E-state index contributed by atoms with van der Waals surface area (Å²) in [4.78, 5) is 31.1. The average molecular weight is 435 g/mol. The summed E-state index contributed by atoms with van der Waals surface area (Å²) in [5.41, 5.74) is 11.6. The Labute approximate surface area is 187 Å². The van der Waals surface area contributed by atoms with E-state index in [0.717, 1.165) is 36.5 Å². The van der Waals surface area contributed by atoms with Gasteiger partial charge in [0.05, 0.1) is 6.20 Å². The quantitative estimate of drug-likeness (QED) is 0.591. The summed E-state index contributed by atoms with van der Waals surface area (Å²) in [7, 11) is 0. The lowest BCUT2D eigenvalue weighted by molar-refractivity contribution is -0.121. The molecule has 0 saturated heterocycles. The zero-order valence-electron chi connectivity index (χ0n) is 18.9. The van der Waals surface area contributed by atoms with E-state index in [1.165, 1.54) is 17.3 Å². The Hall–Kier alpha value is -3.26. The highest BCUT2D eigenvalue weighted by Gasteiger charge is 2.21. The monoisotopic (exact) mass is 434 g/mol. The summed E-state index contributed by atoms with van der Waals surface area (Å²) in [6, 6.07) is 8.84. The predicted molar refractivity (Wildman–Crippen MR) is 122 cm³/mol. The first kappa shape index (κ1) is 22.0. The van der Waals surface area contributed by atoms with Gasteiger partial charge in [-0.15, -0.1) is 0 Å². The maximum atomic E-state index is 12.5. The Morgan fingerprint density at radius 2 is 1.97 bits per heavy atom. The fourth-order valence-corrected chi connectivity index (χ4v) is 4.46. The van der Waals surface area contributed by atoms with Crippen molar-refractivity contribution < 1.29 is 9.59 Å². The number of hydrogen-bond acceptors (Lipinski definition) is 5. The number of rotatable bonds is 7. The van der Waals surface area contributed by atoms with Gasteiger partial charge in [-0.05, 0) is 50.3 Å². The Bertz CT molecular complexity index is 1170. The molecule has 4 rings (SSSR count). The molecule has 8 nitrogen and oxygen atoms in total. The van der Waals surface area contributed by atoms with E-state index in [1.807, 2.05) is 13.8 Å². The zero-order chi connectivity index (χ0) is 22.8. The summed E-state index contributed by atoms with van der Waals surface area (Å²) in [6.07, 6.45) is 3.42. The van der Waals surface area contributed by atoms with Crippen molar-refractivity contribution in [2.45, 2.75) is 52.6 Å². The number of aromatic nitrogens is 3. The summed E-state index contributed by atoms with van der Waals surface area (Å²) in [5.74, 6) is -0.531. The molecule has 32 heavy (non-hydrogen) atoms. The van der Waals surface area contributed by atoms with Crippen molar-refractivity contribution in [2.24, 2.45) is 5.73 Å². The summed E-state index contributed by atoms with van der Waals surface area (Å²) in [6.45, 7) is 8.52. The van der Waals surface area contributed by atoms with Crippen LogP contribution >= 0.6 is 0 Å². The molecule has 168 valence electrons. The lowest BCUT2D eigenvalue weighted by atomic mass is 9.99. The second kappa shape index (κ2) is 9.08. The Morgan fingerprint density at radius 1 is 1.22 bits per heavy atom. The lowest BCUT2D eigenvalue weighted by Gasteiger charge is -2.33. The topological polar surface area (TPSA) is 106 Å². The van der Waals surface area contributed by atoms with Crippen molar-refractivity contribution in [3.8, 4) is 0 Å². The van der Waals surface area contributed by atoms with Crippen LogP contribution in [0.25, 0.3) is 5.65 Å². The standard InChI is InChI=1S/C24H30N6O2/c1-15(29-11-10-18-6-4-5-7-19(18)14-29)12-26-22(31)9-8-20-16(2)28-24-21(23(25)32)13-27-30(24)17(20)3/h4-7,13,15H,8-12,14H2,1-3H3,(H2,25,32)(H,26,31). The molecule has 0 radical (unpaired) electrons. The molecule has 2 amide bonds. The molecule has 0 aliphatic carbocycles. The SMILES string of the molecule is Cc1nc2c(C(N)=O)cnn2c(C)c1CCC(=O)NCC(C)N1CCc2ccccc2C1. The highest BCUT2D eigenvalue weighted by atomic mass is 16.2. The lowest BCUT2D eigenvalue weighted by Crippen LogP contribution is -2.44. The van der Waals surface area contributed by atoms with Gasteiger partial charge in [-0.25, -0.2) is 9.50 Å². The number of amides is 2. The van der Waals surface area contributed by atoms with Crippen LogP contribution in [0, 0.1) is 13.8 Å². The second-order valence-corrected chi connectivity index (χ2v) is 8.56. The fraction of sp³-hybridized carbons (Fsp3) is 0.417. The first-order chi connectivity index (χ1) is 15.3. The average Bonchev–Trinajstić information content (AvgIpc) is 3.21. The molecule has 3 N–H and O–H groups in total. The third kappa shape index (κ3) is 4.36. The third-order valence-corrected chi connectivity index (χ3v) is 6.45. The number of fused-ring (bicyclic) bond motifs is 2. The molecule has 1 unspecified atom stereocenters. The first-order valence-corrected chi connectivity index (χ1v) is 11.1.